The van der Waals surface area contributed by atoms with E-state index in [4.69, 9.17) is 4.74 Å². The summed E-state index contributed by atoms with van der Waals surface area (Å²) in [6, 6.07) is 23.2. The smallest absolute Gasteiger partial charge is 0.257 e. The van der Waals surface area contributed by atoms with Crippen LogP contribution in [0.15, 0.2) is 101 Å². The van der Waals surface area contributed by atoms with Crippen LogP contribution in [0.4, 0.5) is 11.4 Å². The number of ether oxygens (including phenoxy) is 1. The number of ketones is 1. The van der Waals surface area contributed by atoms with Gasteiger partial charge in [-0.3, -0.25) is 14.4 Å². The molecule has 0 saturated carbocycles. The molecule has 1 aliphatic heterocycles. The Hall–Kier alpha value is -4.76. The molecular formula is C28H20N2O6S. The molecule has 37 heavy (non-hydrogen) atoms. The fourth-order valence-corrected chi connectivity index (χ4v) is 5.83. The van der Waals surface area contributed by atoms with Crippen molar-refractivity contribution in [3.63, 3.8) is 0 Å². The number of para-hydroxylation sites is 3. The fraction of sp³-hybridized carbons (Fsp3) is 0.0357. The van der Waals surface area contributed by atoms with Gasteiger partial charge in [-0.25, -0.2) is 8.42 Å². The van der Waals surface area contributed by atoms with E-state index in [-0.39, 0.29) is 37.7 Å². The number of rotatable bonds is 5. The zero-order chi connectivity index (χ0) is 26.2. The molecular weight excluding hydrogens is 492 g/mol. The van der Waals surface area contributed by atoms with E-state index in [0.29, 0.717) is 11.4 Å². The Kier molecular flexibility index (Phi) is 6.06. The first-order chi connectivity index (χ1) is 17.8. The number of hydrogen-bond acceptors (Lipinski definition) is 6. The summed E-state index contributed by atoms with van der Waals surface area (Å²) in [6.07, 6.45) is 0. The number of carbonyl (C=O) groups is 3. The van der Waals surface area contributed by atoms with E-state index in [1.807, 2.05) is 0 Å². The van der Waals surface area contributed by atoms with Crippen molar-refractivity contribution >= 4 is 38.8 Å². The van der Waals surface area contributed by atoms with E-state index < -0.39 is 27.4 Å². The zero-order valence-corrected chi connectivity index (χ0v) is 20.3. The van der Waals surface area contributed by atoms with Crippen LogP contribution in [0.25, 0.3) is 0 Å². The summed E-state index contributed by atoms with van der Waals surface area (Å²) >= 11 is 0. The van der Waals surface area contributed by atoms with E-state index >= 15 is 0 Å². The predicted molar refractivity (Wildman–Crippen MR) is 137 cm³/mol. The molecule has 0 aromatic heterocycles. The minimum Gasteiger partial charge on any atom is -0.495 e. The molecule has 0 aliphatic carbocycles. The summed E-state index contributed by atoms with van der Waals surface area (Å²) in [5, 5.41) is 5.44. The zero-order valence-electron chi connectivity index (χ0n) is 19.5. The highest BCUT2D eigenvalue weighted by Gasteiger charge is 2.35. The number of anilines is 2. The molecule has 0 spiro atoms. The van der Waals surface area contributed by atoms with Crippen molar-refractivity contribution in [3.05, 3.63) is 113 Å². The lowest BCUT2D eigenvalue weighted by molar-refractivity contribution is 0.101. The molecule has 4 aromatic carbocycles. The molecule has 4 aromatic rings. The molecule has 0 radical (unpaired) electrons. The Morgan fingerprint density at radius 1 is 0.703 bits per heavy atom. The van der Waals surface area contributed by atoms with Crippen molar-refractivity contribution in [2.75, 3.05) is 17.7 Å². The Labute approximate surface area is 212 Å². The number of carbonyl (C=O) groups excluding carboxylic acids is 3. The summed E-state index contributed by atoms with van der Waals surface area (Å²) in [5.74, 6) is -1.06. The van der Waals surface area contributed by atoms with Crippen LogP contribution in [0.5, 0.6) is 5.75 Å². The molecule has 5 rings (SSSR count). The number of fused-ring (bicyclic) bond motifs is 2. The van der Waals surface area contributed by atoms with Crippen molar-refractivity contribution < 1.29 is 27.5 Å². The van der Waals surface area contributed by atoms with Crippen LogP contribution in [0.1, 0.15) is 36.6 Å². The number of hydrogen-bond donors (Lipinski definition) is 2. The van der Waals surface area contributed by atoms with Crippen LogP contribution in [-0.4, -0.2) is 33.1 Å². The van der Waals surface area contributed by atoms with Gasteiger partial charge in [-0.1, -0.05) is 36.4 Å². The monoisotopic (exact) mass is 512 g/mol. The standard InChI is InChI=1S/C28H20N2O6S/c1-36-23-12-6-5-11-22(23)30-28(33)18-8-2-4-10-21(18)29-27(32)17-14-15-20-25(16-17)37(34,35)24-13-7-3-9-19(24)26(20)31/h2-16H,1H3,(H,29,32)(H,30,33). The van der Waals surface area contributed by atoms with E-state index in [0.717, 1.165) is 0 Å². The number of methoxy groups -OCH3 is 1. The normalized spacial score (nSPS) is 13.2. The Balaban J connectivity index is 1.44. The van der Waals surface area contributed by atoms with E-state index in [1.165, 1.54) is 43.5 Å². The van der Waals surface area contributed by atoms with Gasteiger partial charge in [0.25, 0.3) is 11.8 Å². The Morgan fingerprint density at radius 3 is 2.11 bits per heavy atom. The Morgan fingerprint density at radius 2 is 1.32 bits per heavy atom. The summed E-state index contributed by atoms with van der Waals surface area (Å²) in [5.41, 5.74) is 1.00. The highest BCUT2D eigenvalue weighted by molar-refractivity contribution is 7.91. The average Bonchev–Trinajstić information content (AvgIpc) is 2.92. The second-order valence-electron chi connectivity index (χ2n) is 8.19. The fourth-order valence-electron chi connectivity index (χ4n) is 4.15. The van der Waals surface area contributed by atoms with Crippen molar-refractivity contribution in [1.82, 2.24) is 0 Å². The second-order valence-corrected chi connectivity index (χ2v) is 10.1. The minimum atomic E-state index is -4.00. The Bertz CT molecular complexity index is 1690. The third kappa shape index (κ3) is 4.25. The van der Waals surface area contributed by atoms with Gasteiger partial charge in [-0.15, -0.1) is 0 Å². The highest BCUT2D eigenvalue weighted by Crippen LogP contribution is 2.35. The molecule has 1 aliphatic rings. The molecule has 0 unspecified atom stereocenters. The van der Waals surface area contributed by atoms with E-state index in [2.05, 4.69) is 10.6 Å². The van der Waals surface area contributed by atoms with Crippen LogP contribution in [0.2, 0.25) is 0 Å². The first-order valence-electron chi connectivity index (χ1n) is 11.2. The topological polar surface area (TPSA) is 119 Å². The van der Waals surface area contributed by atoms with Gasteiger partial charge < -0.3 is 15.4 Å². The van der Waals surface area contributed by atoms with Crippen LogP contribution in [-0.2, 0) is 9.84 Å². The molecule has 9 heteroatoms. The lowest BCUT2D eigenvalue weighted by Crippen LogP contribution is -2.22. The molecule has 1 heterocycles. The third-order valence-electron chi connectivity index (χ3n) is 5.97. The van der Waals surface area contributed by atoms with Crippen molar-refractivity contribution in [2.45, 2.75) is 9.79 Å². The molecule has 0 saturated heterocycles. The number of benzene rings is 4. The van der Waals surface area contributed by atoms with Gasteiger partial charge in [0.15, 0.2) is 5.78 Å². The molecule has 0 atom stereocenters. The van der Waals surface area contributed by atoms with Crippen LogP contribution < -0.4 is 15.4 Å². The van der Waals surface area contributed by atoms with Gasteiger partial charge in [0.2, 0.25) is 9.84 Å². The van der Waals surface area contributed by atoms with Gasteiger partial charge in [-0.2, -0.15) is 0 Å². The predicted octanol–water partition coefficient (Wildman–Crippen LogP) is 4.58. The SMILES string of the molecule is COc1ccccc1NC(=O)c1ccccc1NC(=O)c1ccc2c(c1)S(=O)(=O)c1ccccc1C2=O. The molecule has 8 nitrogen and oxygen atoms in total. The lowest BCUT2D eigenvalue weighted by atomic mass is 10.0. The largest absolute Gasteiger partial charge is 0.495 e. The highest BCUT2D eigenvalue weighted by atomic mass is 32.2. The average molecular weight is 513 g/mol. The molecule has 184 valence electrons. The maximum atomic E-state index is 13.2. The van der Waals surface area contributed by atoms with Gasteiger partial charge in [0, 0.05) is 16.7 Å². The maximum absolute atomic E-state index is 13.2. The van der Waals surface area contributed by atoms with E-state index in [9.17, 15) is 22.8 Å². The number of nitrogens with one attached hydrogen (secondary N) is 2. The third-order valence-corrected chi connectivity index (χ3v) is 7.83. The summed E-state index contributed by atoms with van der Waals surface area (Å²) in [7, 11) is -2.51. The summed E-state index contributed by atoms with van der Waals surface area (Å²) in [4.78, 5) is 38.7. The van der Waals surface area contributed by atoms with E-state index in [1.54, 1.807) is 54.6 Å². The van der Waals surface area contributed by atoms with Gasteiger partial charge in [0.1, 0.15) is 5.75 Å². The van der Waals surface area contributed by atoms with Crippen LogP contribution >= 0.6 is 0 Å². The number of sulfone groups is 1. The van der Waals surface area contributed by atoms with Gasteiger partial charge >= 0.3 is 0 Å². The quantitative estimate of drug-likeness (QED) is 0.356. The second kappa shape index (κ2) is 9.36. The first kappa shape index (κ1) is 24.0. The van der Waals surface area contributed by atoms with Gasteiger partial charge in [-0.05, 0) is 54.6 Å². The minimum absolute atomic E-state index is 0.00633. The molecule has 0 fully saturated rings. The van der Waals surface area contributed by atoms with Crippen molar-refractivity contribution in [2.24, 2.45) is 0 Å². The molecule has 0 bridgehead atoms. The van der Waals surface area contributed by atoms with Crippen molar-refractivity contribution in [3.8, 4) is 5.75 Å². The maximum Gasteiger partial charge on any atom is 0.257 e. The molecule has 2 N–H and O–H groups in total. The van der Waals surface area contributed by atoms with Crippen LogP contribution in [0, 0.1) is 0 Å². The first-order valence-corrected chi connectivity index (χ1v) is 12.7. The summed E-state index contributed by atoms with van der Waals surface area (Å²) in [6.45, 7) is 0. The molecule has 2 amide bonds. The van der Waals surface area contributed by atoms with Gasteiger partial charge in [0.05, 0.1) is 33.8 Å². The van der Waals surface area contributed by atoms with Crippen molar-refractivity contribution in [1.29, 1.82) is 0 Å². The summed E-state index contributed by atoms with van der Waals surface area (Å²) < 4.78 is 31.7. The number of amides is 2. The van der Waals surface area contributed by atoms with Crippen LogP contribution in [0.3, 0.4) is 0 Å². The lowest BCUT2D eigenvalue weighted by Gasteiger charge is -2.19.